The van der Waals surface area contributed by atoms with Crippen LogP contribution in [0.2, 0.25) is 5.02 Å². The van der Waals surface area contributed by atoms with E-state index in [2.05, 4.69) is 25.8 Å². The van der Waals surface area contributed by atoms with Crippen molar-refractivity contribution in [3.63, 3.8) is 0 Å². The molecule has 0 saturated carbocycles. The van der Waals surface area contributed by atoms with Crippen LogP contribution in [-0.4, -0.2) is 10.1 Å². The fourth-order valence-electron chi connectivity index (χ4n) is 1.78. The molecule has 1 aromatic heterocycles. The highest BCUT2D eigenvalue weighted by Gasteiger charge is 2.20. The number of benzene rings is 1. The molecule has 108 valence electrons. The summed E-state index contributed by atoms with van der Waals surface area (Å²) < 4.78 is 13.1. The van der Waals surface area contributed by atoms with Gasteiger partial charge in [0.2, 0.25) is 0 Å². The molecule has 2 rings (SSSR count). The Kier molecular flexibility index (Phi) is 4.47. The third-order valence-electron chi connectivity index (χ3n) is 2.92. The fourth-order valence-corrected chi connectivity index (χ4v) is 2.94. The minimum atomic E-state index is -0.705. The van der Waals surface area contributed by atoms with Gasteiger partial charge in [-0.15, -0.1) is 11.3 Å². The van der Waals surface area contributed by atoms with Gasteiger partial charge < -0.3 is 5.11 Å². The summed E-state index contributed by atoms with van der Waals surface area (Å²) in [7, 11) is 0. The van der Waals surface area contributed by atoms with Gasteiger partial charge >= 0.3 is 0 Å². The lowest BCUT2D eigenvalue weighted by Crippen LogP contribution is -2.11. The van der Waals surface area contributed by atoms with Crippen molar-refractivity contribution in [1.29, 1.82) is 0 Å². The highest BCUT2D eigenvalue weighted by molar-refractivity contribution is 7.09. The van der Waals surface area contributed by atoms with Gasteiger partial charge in [0, 0.05) is 17.2 Å². The van der Waals surface area contributed by atoms with Crippen LogP contribution in [0.4, 0.5) is 4.39 Å². The number of hydrogen-bond acceptors (Lipinski definition) is 3. The molecular formula is C15H17ClFNOS. The molecule has 0 aliphatic rings. The summed E-state index contributed by atoms with van der Waals surface area (Å²) in [6.07, 6.45) is -0.336. The molecule has 0 bridgehead atoms. The zero-order valence-corrected chi connectivity index (χ0v) is 13.2. The monoisotopic (exact) mass is 313 g/mol. The largest absolute Gasteiger partial charge is 0.386 e. The van der Waals surface area contributed by atoms with Crippen LogP contribution in [0.15, 0.2) is 23.6 Å². The highest BCUT2D eigenvalue weighted by atomic mass is 35.5. The first kappa shape index (κ1) is 15.4. The van der Waals surface area contributed by atoms with E-state index in [4.69, 9.17) is 11.6 Å². The quantitative estimate of drug-likeness (QED) is 0.904. The van der Waals surface area contributed by atoms with E-state index in [1.165, 1.54) is 12.1 Å². The Morgan fingerprint density at radius 1 is 1.40 bits per heavy atom. The van der Waals surface area contributed by atoms with Gasteiger partial charge in [-0.1, -0.05) is 38.4 Å². The van der Waals surface area contributed by atoms with E-state index in [-0.39, 0.29) is 10.4 Å². The van der Waals surface area contributed by atoms with Crippen molar-refractivity contribution >= 4 is 22.9 Å². The van der Waals surface area contributed by atoms with Crippen LogP contribution in [-0.2, 0) is 11.8 Å². The summed E-state index contributed by atoms with van der Waals surface area (Å²) in [6, 6.07) is 4.48. The maximum absolute atomic E-state index is 13.1. The average molecular weight is 314 g/mol. The average Bonchev–Trinajstić information content (AvgIpc) is 2.83. The maximum atomic E-state index is 13.1. The molecular weight excluding hydrogens is 297 g/mol. The van der Waals surface area contributed by atoms with Gasteiger partial charge in [0.05, 0.1) is 15.7 Å². The zero-order valence-electron chi connectivity index (χ0n) is 11.7. The first-order valence-electron chi connectivity index (χ1n) is 6.35. The lowest BCUT2D eigenvalue weighted by molar-refractivity contribution is 0.174. The van der Waals surface area contributed by atoms with Crippen molar-refractivity contribution in [2.24, 2.45) is 0 Å². The van der Waals surface area contributed by atoms with E-state index in [1.54, 1.807) is 17.4 Å². The minimum Gasteiger partial charge on any atom is -0.386 e. The number of aromatic nitrogens is 1. The van der Waals surface area contributed by atoms with Gasteiger partial charge in [-0.3, -0.25) is 0 Å². The Morgan fingerprint density at radius 2 is 2.10 bits per heavy atom. The Labute approximate surface area is 127 Å². The standard InChI is InChI=1S/C15H17ClFNOS/c1-15(2,3)14-18-12(8-20-14)13(19)7-9-4-5-11(17)10(16)6-9/h4-6,8,13,19H,7H2,1-3H3. The molecule has 0 fully saturated rings. The van der Waals surface area contributed by atoms with Crippen LogP contribution in [0, 0.1) is 5.82 Å². The van der Waals surface area contributed by atoms with Gasteiger partial charge in [-0.05, 0) is 17.7 Å². The van der Waals surface area contributed by atoms with E-state index in [9.17, 15) is 9.50 Å². The molecule has 1 heterocycles. The Morgan fingerprint density at radius 3 is 2.65 bits per heavy atom. The van der Waals surface area contributed by atoms with Crippen LogP contribution >= 0.6 is 22.9 Å². The van der Waals surface area contributed by atoms with Crippen LogP contribution in [0.25, 0.3) is 0 Å². The molecule has 20 heavy (non-hydrogen) atoms. The van der Waals surface area contributed by atoms with Crippen LogP contribution in [0.5, 0.6) is 0 Å². The normalized spacial score (nSPS) is 13.5. The molecule has 2 nitrogen and oxygen atoms in total. The van der Waals surface area contributed by atoms with Crippen molar-refractivity contribution in [1.82, 2.24) is 4.98 Å². The lowest BCUT2D eigenvalue weighted by Gasteiger charge is -2.14. The summed E-state index contributed by atoms with van der Waals surface area (Å²) in [5.74, 6) is -0.450. The lowest BCUT2D eigenvalue weighted by atomic mass is 9.98. The van der Waals surface area contributed by atoms with E-state index in [0.717, 1.165) is 10.6 Å². The summed E-state index contributed by atoms with van der Waals surface area (Å²) in [6.45, 7) is 6.26. The Hall–Kier alpha value is -0.970. The number of aliphatic hydroxyl groups is 1. The zero-order chi connectivity index (χ0) is 14.9. The fraction of sp³-hybridized carbons (Fsp3) is 0.400. The first-order chi connectivity index (χ1) is 9.27. The molecule has 1 unspecified atom stereocenters. The molecule has 0 amide bonds. The van der Waals surface area contributed by atoms with Crippen molar-refractivity contribution in [2.45, 2.75) is 38.7 Å². The van der Waals surface area contributed by atoms with E-state index >= 15 is 0 Å². The summed E-state index contributed by atoms with van der Waals surface area (Å²) >= 11 is 7.28. The maximum Gasteiger partial charge on any atom is 0.141 e. The van der Waals surface area contributed by atoms with Gasteiger partial charge in [0.25, 0.3) is 0 Å². The molecule has 0 radical (unpaired) electrons. The number of nitrogens with zero attached hydrogens (tertiary/aromatic N) is 1. The predicted octanol–water partition coefficient (Wildman–Crippen LogP) is 4.51. The van der Waals surface area contributed by atoms with Gasteiger partial charge in [-0.25, -0.2) is 9.37 Å². The summed E-state index contributed by atoms with van der Waals surface area (Å²) in [4.78, 5) is 4.48. The van der Waals surface area contributed by atoms with Gasteiger partial charge in [-0.2, -0.15) is 0 Å². The molecule has 1 aromatic carbocycles. The van der Waals surface area contributed by atoms with Crippen molar-refractivity contribution in [3.8, 4) is 0 Å². The van der Waals surface area contributed by atoms with E-state index < -0.39 is 11.9 Å². The van der Waals surface area contributed by atoms with Crippen molar-refractivity contribution in [3.05, 3.63) is 50.7 Å². The second-order valence-electron chi connectivity index (χ2n) is 5.80. The molecule has 0 aliphatic heterocycles. The van der Waals surface area contributed by atoms with Crippen LogP contribution < -0.4 is 0 Å². The first-order valence-corrected chi connectivity index (χ1v) is 7.61. The Bertz CT molecular complexity index is 606. The van der Waals surface area contributed by atoms with Gasteiger partial charge in [0.1, 0.15) is 11.9 Å². The van der Waals surface area contributed by atoms with Crippen LogP contribution in [0.3, 0.4) is 0 Å². The molecule has 1 N–H and O–H groups in total. The van der Waals surface area contributed by atoms with Crippen molar-refractivity contribution in [2.75, 3.05) is 0 Å². The third kappa shape index (κ3) is 3.57. The minimum absolute atomic E-state index is 0.0260. The summed E-state index contributed by atoms with van der Waals surface area (Å²) in [5, 5.41) is 13.2. The van der Waals surface area contributed by atoms with Crippen molar-refractivity contribution < 1.29 is 9.50 Å². The Balaban J connectivity index is 2.13. The smallest absolute Gasteiger partial charge is 0.141 e. The van der Waals surface area contributed by atoms with Crippen LogP contribution in [0.1, 0.15) is 43.1 Å². The molecule has 5 heteroatoms. The second kappa shape index (κ2) is 5.80. The molecule has 0 aliphatic carbocycles. The van der Waals surface area contributed by atoms with E-state index in [1.807, 2.05) is 5.38 Å². The predicted molar refractivity (Wildman–Crippen MR) is 80.9 cm³/mol. The molecule has 1 atom stereocenters. The second-order valence-corrected chi connectivity index (χ2v) is 7.06. The molecule has 0 saturated heterocycles. The number of rotatable bonds is 3. The highest BCUT2D eigenvalue weighted by Crippen LogP contribution is 2.29. The number of hydrogen-bond donors (Lipinski definition) is 1. The number of aliphatic hydroxyl groups excluding tert-OH is 1. The number of thiazole rings is 1. The van der Waals surface area contributed by atoms with E-state index in [0.29, 0.717) is 12.1 Å². The summed E-state index contributed by atoms with van der Waals surface area (Å²) in [5.41, 5.74) is 1.41. The third-order valence-corrected chi connectivity index (χ3v) is 4.49. The molecule has 0 spiro atoms. The SMILES string of the molecule is CC(C)(C)c1nc(C(O)Cc2ccc(F)c(Cl)c2)cs1. The molecule has 2 aromatic rings. The topological polar surface area (TPSA) is 33.1 Å². The number of halogens is 2. The van der Waals surface area contributed by atoms with Gasteiger partial charge in [0.15, 0.2) is 0 Å².